The van der Waals surface area contributed by atoms with Gasteiger partial charge in [-0.3, -0.25) is 9.59 Å². The van der Waals surface area contributed by atoms with Gasteiger partial charge in [0.1, 0.15) is 0 Å². The van der Waals surface area contributed by atoms with Crippen LogP contribution in [0.15, 0.2) is 0 Å². The first-order valence-corrected chi connectivity index (χ1v) is 7.35. The van der Waals surface area contributed by atoms with E-state index >= 15 is 0 Å². The van der Waals surface area contributed by atoms with Crippen molar-refractivity contribution < 1.29 is 14.3 Å². The number of hydrogen-bond acceptors (Lipinski definition) is 4. The fourth-order valence-corrected chi connectivity index (χ4v) is 3.21. The second-order valence-electron chi connectivity index (χ2n) is 5.58. The number of carbonyl (C=O) groups excluding carboxylic acids is 2. The number of ether oxygens (including phenoxy) is 1. The molecular weight excluding hydrogens is 280 g/mol. The second-order valence-corrected chi connectivity index (χ2v) is 5.58. The molecular formula is C14H25ClN2O3. The molecule has 116 valence electrons. The molecule has 0 aromatic heterocycles. The Kier molecular flexibility index (Phi) is 7.30. The van der Waals surface area contributed by atoms with Crippen LogP contribution in [-0.2, 0) is 14.3 Å². The fraction of sp³-hybridized carbons (Fsp3) is 0.857. The molecule has 2 bridgehead atoms. The Labute approximate surface area is 126 Å². The Balaban J connectivity index is 0.00000200. The van der Waals surface area contributed by atoms with E-state index in [1.165, 1.54) is 12.8 Å². The third-order valence-corrected chi connectivity index (χ3v) is 4.00. The van der Waals surface area contributed by atoms with Crippen LogP contribution in [0.1, 0.15) is 45.4 Å². The first kappa shape index (κ1) is 17.2. The third-order valence-electron chi connectivity index (χ3n) is 4.00. The molecule has 0 saturated carbocycles. The molecule has 5 nitrogen and oxygen atoms in total. The predicted octanol–water partition coefficient (Wildman–Crippen LogP) is 1.40. The summed E-state index contributed by atoms with van der Waals surface area (Å²) in [5.74, 6) is 0.319. The maximum atomic E-state index is 11.8. The van der Waals surface area contributed by atoms with Gasteiger partial charge in [0.25, 0.3) is 0 Å². The van der Waals surface area contributed by atoms with Crippen LogP contribution in [0.25, 0.3) is 0 Å². The number of hydrogen-bond donors (Lipinski definition) is 2. The van der Waals surface area contributed by atoms with Crippen LogP contribution in [0.5, 0.6) is 0 Å². The molecule has 0 aliphatic carbocycles. The Morgan fingerprint density at radius 3 is 2.50 bits per heavy atom. The van der Waals surface area contributed by atoms with Crippen molar-refractivity contribution in [2.75, 3.05) is 13.2 Å². The number of carbonyl (C=O) groups is 2. The van der Waals surface area contributed by atoms with Crippen LogP contribution in [0.3, 0.4) is 0 Å². The molecule has 1 amide bonds. The smallest absolute Gasteiger partial charge is 0.307 e. The van der Waals surface area contributed by atoms with Gasteiger partial charge in [-0.25, -0.2) is 0 Å². The predicted molar refractivity (Wildman–Crippen MR) is 78.8 cm³/mol. The Hall–Kier alpha value is -0.810. The summed E-state index contributed by atoms with van der Waals surface area (Å²) >= 11 is 0. The first-order chi connectivity index (χ1) is 9.17. The van der Waals surface area contributed by atoms with Crippen LogP contribution in [0, 0.1) is 5.92 Å². The van der Waals surface area contributed by atoms with E-state index in [0.29, 0.717) is 37.6 Å². The maximum Gasteiger partial charge on any atom is 0.307 e. The van der Waals surface area contributed by atoms with Gasteiger partial charge in [-0.2, -0.15) is 0 Å². The van der Waals surface area contributed by atoms with Gasteiger partial charge in [0, 0.05) is 25.0 Å². The van der Waals surface area contributed by atoms with Gasteiger partial charge in [0.2, 0.25) is 5.91 Å². The quantitative estimate of drug-likeness (QED) is 0.728. The lowest BCUT2D eigenvalue weighted by Gasteiger charge is -2.28. The van der Waals surface area contributed by atoms with Crippen molar-refractivity contribution in [2.45, 2.75) is 57.5 Å². The van der Waals surface area contributed by atoms with Crippen molar-refractivity contribution >= 4 is 24.3 Å². The van der Waals surface area contributed by atoms with E-state index in [1.54, 1.807) is 6.92 Å². The lowest BCUT2D eigenvalue weighted by atomic mass is 9.89. The van der Waals surface area contributed by atoms with Gasteiger partial charge >= 0.3 is 5.97 Å². The summed E-state index contributed by atoms with van der Waals surface area (Å²) in [6, 6.07) is 1.24. The van der Waals surface area contributed by atoms with Crippen LogP contribution in [0.2, 0.25) is 0 Å². The summed E-state index contributed by atoms with van der Waals surface area (Å²) in [4.78, 5) is 22.9. The summed E-state index contributed by atoms with van der Waals surface area (Å²) in [6.07, 6.45) is 5.59. The molecule has 0 spiro atoms. The van der Waals surface area contributed by atoms with Crippen molar-refractivity contribution in [1.29, 1.82) is 0 Å². The molecule has 2 rings (SSSR count). The summed E-state index contributed by atoms with van der Waals surface area (Å²) in [6.45, 7) is 2.56. The highest BCUT2D eigenvalue weighted by molar-refractivity contribution is 5.85. The van der Waals surface area contributed by atoms with E-state index in [0.717, 1.165) is 12.8 Å². The SMILES string of the molecule is CCOC(=O)CCNC(=O)CC1CC2CCC(C1)N2.Cl. The monoisotopic (exact) mass is 304 g/mol. The zero-order valence-corrected chi connectivity index (χ0v) is 12.8. The topological polar surface area (TPSA) is 67.4 Å². The molecule has 0 aromatic rings. The molecule has 2 aliphatic heterocycles. The molecule has 2 saturated heterocycles. The number of rotatable bonds is 6. The molecule has 2 atom stereocenters. The molecule has 2 N–H and O–H groups in total. The summed E-state index contributed by atoms with van der Waals surface area (Å²) < 4.78 is 4.81. The molecule has 2 aliphatic rings. The first-order valence-electron chi connectivity index (χ1n) is 7.35. The van der Waals surface area contributed by atoms with Crippen molar-refractivity contribution in [3.63, 3.8) is 0 Å². The lowest BCUT2D eigenvalue weighted by Crippen LogP contribution is -2.39. The summed E-state index contributed by atoms with van der Waals surface area (Å²) in [7, 11) is 0. The second kappa shape index (κ2) is 8.47. The van der Waals surface area contributed by atoms with E-state index in [4.69, 9.17) is 4.74 Å². The Morgan fingerprint density at radius 1 is 1.25 bits per heavy atom. The average Bonchev–Trinajstić information content (AvgIpc) is 2.69. The minimum Gasteiger partial charge on any atom is -0.466 e. The Bertz CT molecular complexity index is 326. The number of esters is 1. The zero-order valence-electron chi connectivity index (χ0n) is 12.0. The highest BCUT2D eigenvalue weighted by Crippen LogP contribution is 2.32. The number of piperidine rings is 1. The van der Waals surface area contributed by atoms with E-state index in [1.807, 2.05) is 0 Å². The van der Waals surface area contributed by atoms with Crippen molar-refractivity contribution in [2.24, 2.45) is 5.92 Å². The molecule has 20 heavy (non-hydrogen) atoms. The van der Waals surface area contributed by atoms with Crippen molar-refractivity contribution in [1.82, 2.24) is 10.6 Å². The van der Waals surface area contributed by atoms with Crippen molar-refractivity contribution in [3.8, 4) is 0 Å². The Morgan fingerprint density at radius 2 is 1.90 bits per heavy atom. The average molecular weight is 305 g/mol. The molecule has 0 aromatic carbocycles. The molecule has 6 heteroatoms. The van der Waals surface area contributed by atoms with Crippen LogP contribution in [0.4, 0.5) is 0 Å². The van der Waals surface area contributed by atoms with Crippen molar-refractivity contribution in [3.05, 3.63) is 0 Å². The van der Waals surface area contributed by atoms with Gasteiger partial charge in [-0.05, 0) is 38.5 Å². The molecule has 2 heterocycles. The van der Waals surface area contributed by atoms with E-state index in [9.17, 15) is 9.59 Å². The van der Waals surface area contributed by atoms with Crippen LogP contribution < -0.4 is 10.6 Å². The number of halogens is 1. The number of nitrogens with one attached hydrogen (secondary N) is 2. The van der Waals surface area contributed by atoms with Gasteiger partial charge in [-0.1, -0.05) is 0 Å². The highest BCUT2D eigenvalue weighted by atomic mass is 35.5. The fourth-order valence-electron chi connectivity index (χ4n) is 3.21. The van der Waals surface area contributed by atoms with E-state index in [2.05, 4.69) is 10.6 Å². The largest absolute Gasteiger partial charge is 0.466 e. The summed E-state index contributed by atoms with van der Waals surface area (Å²) in [5.41, 5.74) is 0. The standard InChI is InChI=1S/C14H24N2O3.ClH/c1-2-19-14(18)5-6-15-13(17)9-10-7-11-3-4-12(8-10)16-11;/h10-12,16H,2-9H2,1H3,(H,15,17);1H. The molecule has 2 fully saturated rings. The van der Waals surface area contributed by atoms with Gasteiger partial charge < -0.3 is 15.4 Å². The molecule has 2 unspecified atom stereocenters. The van der Waals surface area contributed by atoms with Crippen LogP contribution in [-0.4, -0.2) is 37.1 Å². The van der Waals surface area contributed by atoms with E-state index in [-0.39, 0.29) is 30.7 Å². The van der Waals surface area contributed by atoms with E-state index < -0.39 is 0 Å². The minimum absolute atomic E-state index is 0. The van der Waals surface area contributed by atoms with Gasteiger partial charge in [0.15, 0.2) is 0 Å². The number of amides is 1. The normalized spacial score (nSPS) is 27.6. The highest BCUT2D eigenvalue weighted by Gasteiger charge is 2.34. The van der Waals surface area contributed by atoms with Gasteiger partial charge in [0.05, 0.1) is 13.0 Å². The van der Waals surface area contributed by atoms with Crippen LogP contribution >= 0.6 is 12.4 Å². The van der Waals surface area contributed by atoms with Gasteiger partial charge in [-0.15, -0.1) is 12.4 Å². The maximum absolute atomic E-state index is 11.8. The number of fused-ring (bicyclic) bond motifs is 2. The third kappa shape index (κ3) is 5.29. The minimum atomic E-state index is -0.247. The zero-order chi connectivity index (χ0) is 13.7. The summed E-state index contributed by atoms with van der Waals surface area (Å²) in [5, 5.41) is 6.38. The molecule has 0 radical (unpaired) electrons. The lowest BCUT2D eigenvalue weighted by molar-refractivity contribution is -0.143.